The summed E-state index contributed by atoms with van der Waals surface area (Å²) in [6.07, 6.45) is 2.81. The van der Waals surface area contributed by atoms with E-state index in [-0.39, 0.29) is 17.9 Å². The molecule has 1 aromatic carbocycles. The molecule has 0 radical (unpaired) electrons. The number of carbonyl (C=O) groups is 1. The van der Waals surface area contributed by atoms with Crippen molar-refractivity contribution in [3.63, 3.8) is 0 Å². The van der Waals surface area contributed by atoms with E-state index in [4.69, 9.17) is 4.74 Å². The monoisotopic (exact) mass is 333 g/mol. The lowest BCUT2D eigenvalue weighted by atomic mass is 10.1. The Balaban J connectivity index is 2.12. The van der Waals surface area contributed by atoms with Gasteiger partial charge in [0.25, 0.3) is 0 Å². The van der Waals surface area contributed by atoms with Crippen LogP contribution in [0.15, 0.2) is 36.8 Å². The predicted octanol–water partition coefficient (Wildman–Crippen LogP) is 3.40. The molecule has 0 atom stereocenters. The number of halogens is 2. The Morgan fingerprint density at radius 1 is 1.33 bits per heavy atom. The molecule has 0 amide bonds. The fraction of sp³-hybridized carbons (Fsp3) is 0.188. The lowest BCUT2D eigenvalue weighted by Gasteiger charge is -2.08. The summed E-state index contributed by atoms with van der Waals surface area (Å²) in [6, 6.07) is 6.09. The number of esters is 1. The summed E-state index contributed by atoms with van der Waals surface area (Å²) in [5, 5.41) is 0.463. The lowest BCUT2D eigenvalue weighted by Crippen LogP contribution is -2.04. The van der Waals surface area contributed by atoms with E-state index in [9.17, 15) is 13.6 Å². The lowest BCUT2D eigenvalue weighted by molar-refractivity contribution is -0.0498. The van der Waals surface area contributed by atoms with Crippen molar-refractivity contribution < 1.29 is 23.0 Å². The summed E-state index contributed by atoms with van der Waals surface area (Å²) >= 11 is 0. The molecule has 0 fully saturated rings. The van der Waals surface area contributed by atoms with Crippen molar-refractivity contribution in [2.75, 3.05) is 6.61 Å². The van der Waals surface area contributed by atoms with Gasteiger partial charge in [0.2, 0.25) is 0 Å². The van der Waals surface area contributed by atoms with Gasteiger partial charge in [0.05, 0.1) is 23.3 Å². The van der Waals surface area contributed by atoms with E-state index < -0.39 is 12.6 Å². The van der Waals surface area contributed by atoms with Gasteiger partial charge in [-0.15, -0.1) is 0 Å². The molecule has 6 nitrogen and oxygen atoms in total. The summed E-state index contributed by atoms with van der Waals surface area (Å²) in [5.74, 6) is -0.512. The van der Waals surface area contributed by atoms with Gasteiger partial charge >= 0.3 is 12.6 Å². The van der Waals surface area contributed by atoms with Crippen LogP contribution in [0, 0.1) is 0 Å². The summed E-state index contributed by atoms with van der Waals surface area (Å²) in [5.41, 5.74) is 1.67. The molecule has 0 spiro atoms. The first-order valence-corrected chi connectivity index (χ1v) is 7.14. The van der Waals surface area contributed by atoms with E-state index in [1.807, 2.05) is 0 Å². The molecule has 0 aliphatic heterocycles. The van der Waals surface area contributed by atoms with Crippen molar-refractivity contribution in [3.8, 4) is 17.0 Å². The Bertz CT molecular complexity index is 880. The third kappa shape index (κ3) is 3.03. The average Bonchev–Trinajstić information content (AvgIpc) is 2.99. The van der Waals surface area contributed by atoms with Gasteiger partial charge in [0.15, 0.2) is 0 Å². The van der Waals surface area contributed by atoms with Crippen LogP contribution < -0.4 is 4.74 Å². The summed E-state index contributed by atoms with van der Waals surface area (Å²) < 4.78 is 34.2. The third-order valence-electron chi connectivity index (χ3n) is 3.30. The highest BCUT2D eigenvalue weighted by Crippen LogP contribution is 2.30. The molecule has 3 aromatic rings. The molecule has 2 heterocycles. The van der Waals surface area contributed by atoms with Crippen molar-refractivity contribution in [3.05, 3.63) is 42.4 Å². The van der Waals surface area contributed by atoms with Gasteiger partial charge in [0.1, 0.15) is 17.7 Å². The molecule has 0 unspecified atom stereocenters. The van der Waals surface area contributed by atoms with E-state index in [2.05, 4.69) is 19.7 Å². The maximum absolute atomic E-state index is 12.4. The molecule has 8 heteroatoms. The largest absolute Gasteiger partial charge is 0.462 e. The zero-order valence-electron chi connectivity index (χ0n) is 12.6. The second-order valence-corrected chi connectivity index (χ2v) is 4.78. The Morgan fingerprint density at radius 2 is 2.17 bits per heavy atom. The van der Waals surface area contributed by atoms with E-state index in [1.165, 1.54) is 24.7 Å². The molecule has 0 bridgehead atoms. The number of benzene rings is 1. The van der Waals surface area contributed by atoms with Gasteiger partial charge in [0, 0.05) is 11.8 Å². The number of hydrogen-bond donors (Lipinski definition) is 1. The van der Waals surface area contributed by atoms with Crippen LogP contribution in [-0.2, 0) is 4.74 Å². The number of fused-ring (bicyclic) bond motifs is 1. The number of nitrogens with zero attached hydrogens (tertiary/aromatic N) is 2. The second-order valence-electron chi connectivity index (χ2n) is 4.78. The highest BCUT2D eigenvalue weighted by atomic mass is 19.3. The van der Waals surface area contributed by atoms with Crippen molar-refractivity contribution in [1.29, 1.82) is 0 Å². The fourth-order valence-electron chi connectivity index (χ4n) is 2.37. The molecular formula is C16H13F2N3O3. The van der Waals surface area contributed by atoms with Crippen LogP contribution in [0.5, 0.6) is 5.75 Å². The molecule has 2 aromatic heterocycles. The minimum absolute atomic E-state index is 0.00230. The first-order chi connectivity index (χ1) is 11.6. The fourth-order valence-corrected chi connectivity index (χ4v) is 2.37. The molecule has 1 N–H and O–H groups in total. The van der Waals surface area contributed by atoms with Gasteiger partial charge in [-0.1, -0.05) is 12.1 Å². The number of nitrogens with one attached hydrogen (secondary N) is 1. The van der Waals surface area contributed by atoms with Crippen LogP contribution in [0.2, 0.25) is 0 Å². The smallest absolute Gasteiger partial charge is 0.387 e. The number of alkyl halides is 2. The van der Waals surface area contributed by atoms with E-state index >= 15 is 0 Å². The van der Waals surface area contributed by atoms with Crippen molar-refractivity contribution in [1.82, 2.24) is 15.0 Å². The van der Waals surface area contributed by atoms with Crippen molar-refractivity contribution in [2.45, 2.75) is 13.5 Å². The topological polar surface area (TPSA) is 77.1 Å². The SMILES string of the molecule is CCOC(=O)c1c[nH]c2ncnc(-c3cccc(OC(F)F)c3)c12. The van der Waals surface area contributed by atoms with Crippen LogP contribution in [0.4, 0.5) is 8.78 Å². The predicted molar refractivity (Wildman–Crippen MR) is 81.9 cm³/mol. The molecule has 0 aliphatic carbocycles. The number of rotatable bonds is 5. The first kappa shape index (κ1) is 15.9. The quantitative estimate of drug-likeness (QED) is 0.724. The minimum Gasteiger partial charge on any atom is -0.462 e. The standard InChI is InChI=1S/C16H13F2N3O3/c1-2-23-15(22)11-7-19-14-12(11)13(20-8-21-14)9-4-3-5-10(6-9)24-16(17)18/h3-8,16H,2H2,1H3,(H,19,20,21). The molecular weight excluding hydrogens is 320 g/mol. The van der Waals surface area contributed by atoms with Crippen LogP contribution in [0.1, 0.15) is 17.3 Å². The molecule has 124 valence electrons. The highest BCUT2D eigenvalue weighted by molar-refractivity contribution is 6.08. The number of hydrogen-bond acceptors (Lipinski definition) is 5. The average molecular weight is 333 g/mol. The highest BCUT2D eigenvalue weighted by Gasteiger charge is 2.19. The van der Waals surface area contributed by atoms with Gasteiger partial charge < -0.3 is 14.5 Å². The summed E-state index contributed by atoms with van der Waals surface area (Å²) in [4.78, 5) is 23.2. The minimum atomic E-state index is -2.92. The first-order valence-electron chi connectivity index (χ1n) is 7.14. The number of carbonyl (C=O) groups excluding carboxylic acids is 1. The molecule has 0 saturated heterocycles. The van der Waals surface area contributed by atoms with Gasteiger partial charge in [-0.3, -0.25) is 0 Å². The van der Waals surface area contributed by atoms with Crippen LogP contribution >= 0.6 is 0 Å². The van der Waals surface area contributed by atoms with E-state index in [1.54, 1.807) is 19.1 Å². The Hall–Kier alpha value is -3.03. The molecule has 0 aliphatic rings. The van der Waals surface area contributed by atoms with E-state index in [0.717, 1.165) is 0 Å². The Labute approximate surface area is 135 Å². The van der Waals surface area contributed by atoms with Crippen molar-refractivity contribution >= 4 is 17.0 Å². The number of aromatic nitrogens is 3. The van der Waals surface area contributed by atoms with Gasteiger partial charge in [-0.2, -0.15) is 8.78 Å². The number of H-pyrrole nitrogens is 1. The maximum atomic E-state index is 12.4. The maximum Gasteiger partial charge on any atom is 0.387 e. The number of ether oxygens (including phenoxy) is 2. The molecule has 3 rings (SSSR count). The molecule has 24 heavy (non-hydrogen) atoms. The third-order valence-corrected chi connectivity index (χ3v) is 3.30. The molecule has 0 saturated carbocycles. The van der Waals surface area contributed by atoms with Crippen molar-refractivity contribution in [2.24, 2.45) is 0 Å². The Morgan fingerprint density at radius 3 is 2.92 bits per heavy atom. The normalized spacial score (nSPS) is 11.0. The van der Waals surface area contributed by atoms with Crippen LogP contribution in [0.25, 0.3) is 22.3 Å². The zero-order chi connectivity index (χ0) is 17.1. The zero-order valence-corrected chi connectivity index (χ0v) is 12.6. The van der Waals surface area contributed by atoms with E-state index in [0.29, 0.717) is 22.3 Å². The Kier molecular flexibility index (Phi) is 4.37. The number of aromatic amines is 1. The second kappa shape index (κ2) is 6.61. The summed E-state index contributed by atoms with van der Waals surface area (Å²) in [7, 11) is 0. The van der Waals surface area contributed by atoms with Gasteiger partial charge in [-0.05, 0) is 19.1 Å². The van der Waals surface area contributed by atoms with Crippen LogP contribution in [0.3, 0.4) is 0 Å². The van der Waals surface area contributed by atoms with Gasteiger partial charge in [-0.25, -0.2) is 14.8 Å². The summed E-state index contributed by atoms with van der Waals surface area (Å²) in [6.45, 7) is -0.991. The van der Waals surface area contributed by atoms with Crippen LogP contribution in [-0.4, -0.2) is 34.1 Å².